The molecule has 1 fully saturated rings. The monoisotopic (exact) mass is 392 g/mol. The summed E-state index contributed by atoms with van der Waals surface area (Å²) in [7, 11) is -2.15. The van der Waals surface area contributed by atoms with Crippen LogP contribution in [0, 0.1) is 0 Å². The lowest BCUT2D eigenvalue weighted by Crippen LogP contribution is -2.36. The maximum absolute atomic E-state index is 12.9. The zero-order valence-corrected chi connectivity index (χ0v) is 16.1. The third kappa shape index (κ3) is 3.92. The first-order chi connectivity index (χ1) is 12.4. The number of likely N-dealkylation sites (tertiary alicyclic amines) is 1. The summed E-state index contributed by atoms with van der Waals surface area (Å²) >= 11 is 6.25. The number of hydrogen-bond acceptors (Lipinski definition) is 3. The van der Waals surface area contributed by atoms with Gasteiger partial charge in [-0.3, -0.25) is 4.79 Å². The maximum Gasteiger partial charge on any atom is 0.254 e. The minimum atomic E-state index is -3.51. The molecular weight excluding hydrogens is 372 g/mol. The molecule has 1 N–H and O–H groups in total. The number of halogens is 1. The number of carbonyl (C=O) groups excluding carboxylic acids is 1. The van der Waals surface area contributed by atoms with Gasteiger partial charge in [-0.2, -0.15) is 0 Å². The molecule has 1 amide bonds. The predicted molar refractivity (Wildman–Crippen MR) is 102 cm³/mol. The summed E-state index contributed by atoms with van der Waals surface area (Å²) in [4.78, 5) is 14.9. The molecule has 0 spiro atoms. The molecule has 1 aliphatic heterocycles. The van der Waals surface area contributed by atoms with Gasteiger partial charge in [-0.25, -0.2) is 13.1 Å². The molecule has 138 valence electrons. The van der Waals surface area contributed by atoms with E-state index < -0.39 is 10.0 Å². The molecule has 26 heavy (non-hydrogen) atoms. The van der Waals surface area contributed by atoms with Crippen LogP contribution in [0.3, 0.4) is 0 Å². The number of rotatable bonds is 5. The lowest BCUT2D eigenvalue weighted by molar-refractivity contribution is 0.0736. The Labute approximate surface area is 159 Å². The van der Waals surface area contributed by atoms with E-state index in [1.54, 1.807) is 12.1 Å². The molecule has 2 aromatic carbocycles. The molecule has 1 unspecified atom stereocenters. The van der Waals surface area contributed by atoms with Crippen molar-refractivity contribution in [3.8, 4) is 0 Å². The van der Waals surface area contributed by atoms with E-state index in [-0.39, 0.29) is 16.8 Å². The van der Waals surface area contributed by atoms with Crippen molar-refractivity contribution in [1.82, 2.24) is 9.62 Å². The lowest BCUT2D eigenvalue weighted by atomic mass is 10.0. The third-order valence-electron chi connectivity index (χ3n) is 4.73. The SMILES string of the molecule is CNS(=O)(=O)c1ccc(C(=O)N2CCCC2Cc2ccccc2Cl)cc1. The second-order valence-electron chi connectivity index (χ2n) is 6.32. The van der Waals surface area contributed by atoms with Crippen molar-refractivity contribution in [1.29, 1.82) is 0 Å². The van der Waals surface area contributed by atoms with Crippen LogP contribution in [0.15, 0.2) is 53.4 Å². The average molecular weight is 393 g/mol. The van der Waals surface area contributed by atoms with Crippen molar-refractivity contribution >= 4 is 27.5 Å². The van der Waals surface area contributed by atoms with Crippen molar-refractivity contribution in [2.75, 3.05) is 13.6 Å². The Hall–Kier alpha value is -1.89. The topological polar surface area (TPSA) is 66.5 Å². The van der Waals surface area contributed by atoms with Gasteiger partial charge in [0.25, 0.3) is 5.91 Å². The Kier molecular flexibility index (Phi) is 5.65. The number of benzene rings is 2. The third-order valence-corrected chi connectivity index (χ3v) is 6.53. The average Bonchev–Trinajstić information content (AvgIpc) is 3.11. The van der Waals surface area contributed by atoms with Crippen molar-refractivity contribution in [3.05, 3.63) is 64.7 Å². The molecule has 1 atom stereocenters. The summed E-state index contributed by atoms with van der Waals surface area (Å²) < 4.78 is 25.9. The quantitative estimate of drug-likeness (QED) is 0.850. The van der Waals surface area contributed by atoms with E-state index in [2.05, 4.69) is 4.72 Å². The molecule has 0 aliphatic carbocycles. The van der Waals surface area contributed by atoms with Gasteiger partial charge in [0.15, 0.2) is 0 Å². The van der Waals surface area contributed by atoms with Crippen LogP contribution in [-0.4, -0.2) is 38.9 Å². The van der Waals surface area contributed by atoms with E-state index in [1.807, 2.05) is 29.2 Å². The minimum Gasteiger partial charge on any atom is -0.335 e. The highest BCUT2D eigenvalue weighted by Gasteiger charge is 2.30. The molecule has 0 radical (unpaired) electrons. The molecule has 7 heteroatoms. The number of sulfonamides is 1. The van der Waals surface area contributed by atoms with Crippen LogP contribution in [0.4, 0.5) is 0 Å². The van der Waals surface area contributed by atoms with E-state index in [0.717, 1.165) is 24.8 Å². The Bertz CT molecular complexity index is 897. The van der Waals surface area contributed by atoms with Crippen LogP contribution in [-0.2, 0) is 16.4 Å². The van der Waals surface area contributed by atoms with Crippen molar-refractivity contribution in [2.45, 2.75) is 30.2 Å². The Morgan fingerprint density at radius 1 is 1.19 bits per heavy atom. The maximum atomic E-state index is 12.9. The van der Waals surface area contributed by atoms with Gasteiger partial charge in [0.1, 0.15) is 0 Å². The van der Waals surface area contributed by atoms with Crippen LogP contribution in [0.25, 0.3) is 0 Å². The normalized spacial score (nSPS) is 17.5. The molecule has 5 nitrogen and oxygen atoms in total. The van der Waals surface area contributed by atoms with Gasteiger partial charge in [0, 0.05) is 23.2 Å². The highest BCUT2D eigenvalue weighted by atomic mass is 35.5. The van der Waals surface area contributed by atoms with Crippen LogP contribution in [0.2, 0.25) is 5.02 Å². The van der Waals surface area contributed by atoms with E-state index >= 15 is 0 Å². The Morgan fingerprint density at radius 3 is 2.54 bits per heavy atom. The first kappa shape index (κ1) is 18.9. The zero-order chi connectivity index (χ0) is 18.7. The fourth-order valence-corrected chi connectivity index (χ4v) is 4.24. The predicted octanol–water partition coefficient (Wildman–Crippen LogP) is 3.10. The van der Waals surface area contributed by atoms with Crippen LogP contribution < -0.4 is 4.72 Å². The van der Waals surface area contributed by atoms with Crippen molar-refractivity contribution in [3.63, 3.8) is 0 Å². The number of amides is 1. The summed E-state index contributed by atoms with van der Waals surface area (Å²) in [5.74, 6) is -0.0760. The number of nitrogens with one attached hydrogen (secondary N) is 1. The molecule has 1 saturated heterocycles. The highest BCUT2D eigenvalue weighted by Crippen LogP contribution is 2.26. The van der Waals surface area contributed by atoms with E-state index in [0.29, 0.717) is 17.1 Å². The fraction of sp³-hybridized carbons (Fsp3) is 0.316. The second kappa shape index (κ2) is 7.78. The van der Waals surface area contributed by atoms with Crippen LogP contribution in [0.1, 0.15) is 28.8 Å². The Balaban J connectivity index is 1.77. The van der Waals surface area contributed by atoms with Crippen molar-refractivity contribution in [2.24, 2.45) is 0 Å². The van der Waals surface area contributed by atoms with Crippen LogP contribution >= 0.6 is 11.6 Å². The van der Waals surface area contributed by atoms with Crippen LogP contribution in [0.5, 0.6) is 0 Å². The van der Waals surface area contributed by atoms with E-state index in [1.165, 1.54) is 19.2 Å². The van der Waals surface area contributed by atoms with E-state index in [4.69, 9.17) is 11.6 Å². The fourth-order valence-electron chi connectivity index (χ4n) is 3.29. The summed E-state index contributed by atoms with van der Waals surface area (Å²) in [6.07, 6.45) is 2.61. The summed E-state index contributed by atoms with van der Waals surface area (Å²) in [6, 6.07) is 13.8. The standard InChI is InChI=1S/C19H21ClN2O3S/c1-21-26(24,25)17-10-8-14(9-11-17)19(23)22-12-4-6-16(22)13-15-5-2-3-7-18(15)20/h2-3,5,7-11,16,21H,4,6,12-13H2,1H3. The first-order valence-corrected chi connectivity index (χ1v) is 10.4. The number of carbonyl (C=O) groups is 1. The molecule has 1 heterocycles. The van der Waals surface area contributed by atoms with Gasteiger partial charge in [0.05, 0.1) is 4.90 Å². The largest absolute Gasteiger partial charge is 0.335 e. The van der Waals surface area contributed by atoms with Gasteiger partial charge >= 0.3 is 0 Å². The van der Waals surface area contributed by atoms with E-state index in [9.17, 15) is 13.2 Å². The summed E-state index contributed by atoms with van der Waals surface area (Å²) in [5, 5.41) is 0.716. The van der Waals surface area contributed by atoms with Gasteiger partial charge < -0.3 is 4.90 Å². The molecule has 2 aromatic rings. The number of nitrogens with zero attached hydrogens (tertiary/aromatic N) is 1. The summed E-state index contributed by atoms with van der Waals surface area (Å²) in [5.41, 5.74) is 1.53. The van der Waals surface area contributed by atoms with Gasteiger partial charge in [-0.1, -0.05) is 29.8 Å². The zero-order valence-electron chi connectivity index (χ0n) is 14.5. The lowest BCUT2D eigenvalue weighted by Gasteiger charge is -2.25. The van der Waals surface area contributed by atoms with Gasteiger partial charge in [0.2, 0.25) is 10.0 Å². The molecule has 0 bridgehead atoms. The Morgan fingerprint density at radius 2 is 1.88 bits per heavy atom. The molecule has 0 saturated carbocycles. The van der Waals surface area contributed by atoms with Gasteiger partial charge in [-0.05, 0) is 62.2 Å². The summed E-state index contributed by atoms with van der Waals surface area (Å²) in [6.45, 7) is 0.699. The van der Waals surface area contributed by atoms with Crippen molar-refractivity contribution < 1.29 is 13.2 Å². The smallest absolute Gasteiger partial charge is 0.254 e. The molecule has 3 rings (SSSR count). The molecule has 1 aliphatic rings. The minimum absolute atomic E-state index is 0.0760. The van der Waals surface area contributed by atoms with Gasteiger partial charge in [-0.15, -0.1) is 0 Å². The highest BCUT2D eigenvalue weighted by molar-refractivity contribution is 7.89. The second-order valence-corrected chi connectivity index (χ2v) is 8.62. The first-order valence-electron chi connectivity index (χ1n) is 8.50. The molecule has 0 aromatic heterocycles. The number of hydrogen-bond donors (Lipinski definition) is 1. The molecular formula is C19H21ClN2O3S.